The van der Waals surface area contributed by atoms with Crippen LogP contribution in [-0.2, 0) is 19.7 Å². The van der Waals surface area contributed by atoms with Crippen LogP contribution in [-0.4, -0.2) is 48.6 Å². The van der Waals surface area contributed by atoms with E-state index >= 15 is 0 Å². The maximum absolute atomic E-state index is 12.8. The number of benzene rings is 3. The van der Waals surface area contributed by atoms with Crippen LogP contribution in [0.25, 0.3) is 0 Å². The van der Waals surface area contributed by atoms with Crippen LogP contribution in [0.3, 0.4) is 0 Å². The van der Waals surface area contributed by atoms with Crippen LogP contribution in [0.1, 0.15) is 85.8 Å². The molecule has 0 saturated heterocycles. The fraction of sp³-hybridized carbons (Fsp3) is 0.444. The van der Waals surface area contributed by atoms with Gasteiger partial charge in [-0.25, -0.2) is 4.79 Å². The van der Waals surface area contributed by atoms with Gasteiger partial charge in [0.15, 0.2) is 0 Å². The largest absolute Gasteiger partial charge is 0.469 e. The normalized spacial score (nSPS) is 15.6. The molecule has 5 unspecified atom stereocenters. The minimum Gasteiger partial charge on any atom is -0.469 e. The first-order valence-corrected chi connectivity index (χ1v) is 15.0. The Morgan fingerprint density at radius 1 is 0.857 bits per heavy atom. The Labute approximate surface area is 250 Å². The number of methoxy groups -OCH3 is 1. The maximum Gasteiger partial charge on any atom is 0.338 e. The molecule has 0 aliphatic carbocycles. The van der Waals surface area contributed by atoms with E-state index in [1.54, 1.807) is 12.1 Å². The summed E-state index contributed by atoms with van der Waals surface area (Å²) in [6, 6.07) is 28.4. The summed E-state index contributed by atoms with van der Waals surface area (Å²) < 4.78 is 10.5. The van der Waals surface area contributed by atoms with Gasteiger partial charge in [-0.1, -0.05) is 100.0 Å². The van der Waals surface area contributed by atoms with Gasteiger partial charge >= 0.3 is 11.9 Å². The van der Waals surface area contributed by atoms with E-state index in [4.69, 9.17) is 14.6 Å². The van der Waals surface area contributed by atoms with Crippen molar-refractivity contribution >= 4 is 11.9 Å². The molecular weight excluding hydrogens is 528 g/mol. The Bertz CT molecular complexity index is 1230. The molecule has 3 aromatic carbocycles. The van der Waals surface area contributed by atoms with E-state index in [-0.39, 0.29) is 37.4 Å². The van der Waals surface area contributed by atoms with Gasteiger partial charge in [0.1, 0.15) is 0 Å². The molecule has 226 valence electrons. The van der Waals surface area contributed by atoms with E-state index in [9.17, 15) is 14.7 Å². The highest BCUT2D eigenvalue weighted by Crippen LogP contribution is 2.47. The van der Waals surface area contributed by atoms with Crippen molar-refractivity contribution in [3.8, 4) is 0 Å². The second-order valence-electron chi connectivity index (χ2n) is 11.5. The predicted molar refractivity (Wildman–Crippen MR) is 165 cm³/mol. The molecule has 0 fully saturated rings. The quantitative estimate of drug-likeness (QED) is 0.185. The molecule has 5 atom stereocenters. The molecule has 0 heterocycles. The SMILES string of the molecule is CCC(C)CC(CC(CC(C)C(=O)OC)(c1ccccc1)c1ccc(C(=O)OCCC(O)CO)cc1)c1ccccc1. The third-order valence-corrected chi connectivity index (χ3v) is 8.40. The zero-order valence-corrected chi connectivity index (χ0v) is 25.4. The molecule has 0 aromatic heterocycles. The number of aliphatic hydroxyl groups excluding tert-OH is 2. The fourth-order valence-electron chi connectivity index (χ4n) is 5.81. The number of carbonyl (C=O) groups is 2. The van der Waals surface area contributed by atoms with Crippen LogP contribution in [0.4, 0.5) is 0 Å². The Morgan fingerprint density at radius 3 is 2.02 bits per heavy atom. The fourth-order valence-corrected chi connectivity index (χ4v) is 5.81. The molecule has 42 heavy (non-hydrogen) atoms. The number of ether oxygens (including phenoxy) is 2. The Kier molecular flexibility index (Phi) is 12.8. The highest BCUT2D eigenvalue weighted by atomic mass is 16.5. The Hall–Kier alpha value is -3.48. The van der Waals surface area contributed by atoms with E-state index < -0.39 is 17.5 Å². The van der Waals surface area contributed by atoms with E-state index in [1.165, 1.54) is 12.7 Å². The van der Waals surface area contributed by atoms with Crippen LogP contribution < -0.4 is 0 Å². The van der Waals surface area contributed by atoms with Gasteiger partial charge in [-0.3, -0.25) is 4.79 Å². The highest BCUT2D eigenvalue weighted by Gasteiger charge is 2.40. The summed E-state index contributed by atoms with van der Waals surface area (Å²) in [6.07, 6.45) is 2.64. The van der Waals surface area contributed by atoms with E-state index in [1.807, 2.05) is 43.3 Å². The summed E-state index contributed by atoms with van der Waals surface area (Å²) in [5.74, 6) is -0.354. The smallest absolute Gasteiger partial charge is 0.338 e. The van der Waals surface area contributed by atoms with Crippen LogP contribution in [0.5, 0.6) is 0 Å². The molecule has 2 N–H and O–H groups in total. The molecule has 6 nitrogen and oxygen atoms in total. The number of rotatable bonds is 16. The van der Waals surface area contributed by atoms with Crippen molar-refractivity contribution in [1.82, 2.24) is 0 Å². The molecule has 6 heteroatoms. The lowest BCUT2D eigenvalue weighted by Crippen LogP contribution is -2.35. The van der Waals surface area contributed by atoms with Crippen molar-refractivity contribution in [2.24, 2.45) is 11.8 Å². The Balaban J connectivity index is 2.10. The topological polar surface area (TPSA) is 93.1 Å². The zero-order valence-electron chi connectivity index (χ0n) is 25.4. The lowest BCUT2D eigenvalue weighted by atomic mass is 9.63. The van der Waals surface area contributed by atoms with E-state index in [0.717, 1.165) is 30.4 Å². The number of carbonyl (C=O) groups excluding carboxylic acids is 2. The summed E-state index contributed by atoms with van der Waals surface area (Å²) >= 11 is 0. The predicted octanol–water partition coefficient (Wildman–Crippen LogP) is 6.68. The zero-order chi connectivity index (χ0) is 30.5. The van der Waals surface area contributed by atoms with Gasteiger partial charge in [0.05, 0.1) is 37.9 Å². The van der Waals surface area contributed by atoms with Crippen LogP contribution in [0.15, 0.2) is 84.9 Å². The van der Waals surface area contributed by atoms with Crippen molar-refractivity contribution in [2.45, 2.75) is 70.3 Å². The third kappa shape index (κ3) is 8.76. The van der Waals surface area contributed by atoms with Gasteiger partial charge in [0.25, 0.3) is 0 Å². The summed E-state index contributed by atoms with van der Waals surface area (Å²) in [4.78, 5) is 25.6. The molecule has 3 aromatic rings. The minimum absolute atomic E-state index is 0.0152. The van der Waals surface area contributed by atoms with E-state index in [2.05, 4.69) is 50.2 Å². The molecule has 0 saturated carbocycles. The van der Waals surface area contributed by atoms with Gasteiger partial charge in [-0.05, 0) is 59.9 Å². The van der Waals surface area contributed by atoms with Gasteiger partial charge < -0.3 is 19.7 Å². The second kappa shape index (κ2) is 16.2. The van der Waals surface area contributed by atoms with Crippen LogP contribution in [0.2, 0.25) is 0 Å². The first kappa shape index (κ1) is 33.0. The van der Waals surface area contributed by atoms with Crippen molar-refractivity contribution in [3.63, 3.8) is 0 Å². The lowest BCUT2D eigenvalue weighted by Gasteiger charge is -2.40. The minimum atomic E-state index is -0.920. The molecule has 0 aliphatic heterocycles. The van der Waals surface area contributed by atoms with Crippen LogP contribution in [0, 0.1) is 11.8 Å². The standard InChI is InChI=1S/C36H46O6/c1-5-26(2)22-30(28-12-8-6-9-13-28)24-36(23-27(3)34(39)41-4,31-14-10-7-11-15-31)32-18-16-29(17-19-32)35(40)42-21-20-33(38)25-37/h6-19,26-27,30,33,37-38H,5,20-25H2,1-4H3. The van der Waals surface area contributed by atoms with Gasteiger partial charge in [-0.2, -0.15) is 0 Å². The molecule has 0 spiro atoms. The van der Waals surface area contributed by atoms with Crippen molar-refractivity contribution in [2.75, 3.05) is 20.3 Å². The summed E-state index contributed by atoms with van der Waals surface area (Å²) in [7, 11) is 1.43. The van der Waals surface area contributed by atoms with E-state index in [0.29, 0.717) is 17.9 Å². The first-order chi connectivity index (χ1) is 20.2. The maximum atomic E-state index is 12.8. The average Bonchev–Trinajstić information content (AvgIpc) is 3.04. The molecule has 0 bridgehead atoms. The average molecular weight is 575 g/mol. The Morgan fingerprint density at radius 2 is 1.45 bits per heavy atom. The van der Waals surface area contributed by atoms with Crippen LogP contribution >= 0.6 is 0 Å². The molecule has 0 radical (unpaired) electrons. The monoisotopic (exact) mass is 574 g/mol. The number of esters is 2. The van der Waals surface area contributed by atoms with Crippen molar-refractivity contribution in [1.29, 1.82) is 0 Å². The second-order valence-corrected chi connectivity index (χ2v) is 11.5. The van der Waals surface area contributed by atoms with Crippen molar-refractivity contribution < 1.29 is 29.3 Å². The van der Waals surface area contributed by atoms with Gasteiger partial charge in [0, 0.05) is 11.8 Å². The number of hydrogen-bond donors (Lipinski definition) is 2. The molecular formula is C36H46O6. The van der Waals surface area contributed by atoms with Crippen molar-refractivity contribution in [3.05, 3.63) is 107 Å². The first-order valence-electron chi connectivity index (χ1n) is 15.0. The number of hydrogen-bond acceptors (Lipinski definition) is 6. The van der Waals surface area contributed by atoms with Gasteiger partial charge in [0.2, 0.25) is 0 Å². The molecule has 0 aliphatic rings. The van der Waals surface area contributed by atoms with Gasteiger partial charge in [-0.15, -0.1) is 0 Å². The number of aliphatic hydroxyl groups is 2. The summed E-state index contributed by atoms with van der Waals surface area (Å²) in [6.45, 7) is 6.07. The molecule has 0 amide bonds. The lowest BCUT2D eigenvalue weighted by molar-refractivity contribution is -0.145. The highest BCUT2D eigenvalue weighted by molar-refractivity contribution is 5.89. The summed E-state index contributed by atoms with van der Waals surface area (Å²) in [5.41, 5.74) is 3.26. The molecule has 3 rings (SSSR count). The third-order valence-electron chi connectivity index (χ3n) is 8.40. The summed E-state index contributed by atoms with van der Waals surface area (Å²) in [5, 5.41) is 18.6.